The van der Waals surface area contributed by atoms with Crippen molar-refractivity contribution in [3.05, 3.63) is 59.4 Å². The summed E-state index contributed by atoms with van der Waals surface area (Å²) in [4.78, 5) is 32.8. The fourth-order valence-corrected chi connectivity index (χ4v) is 4.26. The molecule has 3 aromatic rings. The van der Waals surface area contributed by atoms with Crippen LogP contribution in [0.5, 0.6) is 0 Å². The van der Waals surface area contributed by atoms with Gasteiger partial charge in [0.05, 0.1) is 34.7 Å². The summed E-state index contributed by atoms with van der Waals surface area (Å²) in [5.41, 5.74) is 3.98. The number of imidazole rings is 1. The first-order chi connectivity index (χ1) is 13.4. The number of aromatic amines is 1. The van der Waals surface area contributed by atoms with E-state index in [4.69, 9.17) is 4.74 Å². The number of benzene rings is 1. The number of esters is 1. The maximum absolute atomic E-state index is 13.1. The number of thioether (sulfide) groups is 1. The molecule has 0 saturated heterocycles. The molecule has 0 unspecified atom stereocenters. The van der Waals surface area contributed by atoms with Gasteiger partial charge in [0.25, 0.3) is 0 Å². The van der Waals surface area contributed by atoms with Crippen LogP contribution in [-0.4, -0.2) is 38.6 Å². The molecule has 7 heteroatoms. The summed E-state index contributed by atoms with van der Waals surface area (Å²) in [6.07, 6.45) is 1.81. The van der Waals surface area contributed by atoms with Gasteiger partial charge in [0, 0.05) is 12.2 Å². The summed E-state index contributed by atoms with van der Waals surface area (Å²) in [6.45, 7) is 9.79. The number of nitrogens with zero attached hydrogens (tertiary/aromatic N) is 2. The van der Waals surface area contributed by atoms with Crippen LogP contribution >= 0.6 is 11.8 Å². The van der Waals surface area contributed by atoms with E-state index in [-0.39, 0.29) is 11.0 Å². The molecule has 0 aliphatic heterocycles. The van der Waals surface area contributed by atoms with E-state index in [1.54, 1.807) is 13.8 Å². The highest BCUT2D eigenvalue weighted by atomic mass is 32.2. The van der Waals surface area contributed by atoms with E-state index < -0.39 is 5.97 Å². The Bertz CT molecular complexity index is 1060. The molecule has 0 fully saturated rings. The van der Waals surface area contributed by atoms with Crippen molar-refractivity contribution in [2.45, 2.75) is 37.7 Å². The zero-order valence-electron chi connectivity index (χ0n) is 16.4. The Hall–Kier alpha value is -2.80. The lowest BCUT2D eigenvalue weighted by atomic mass is 10.1. The van der Waals surface area contributed by atoms with E-state index in [1.165, 1.54) is 18.9 Å². The Kier molecular flexibility index (Phi) is 5.74. The molecule has 0 amide bonds. The van der Waals surface area contributed by atoms with Gasteiger partial charge in [0.15, 0.2) is 10.9 Å². The van der Waals surface area contributed by atoms with Gasteiger partial charge in [0.1, 0.15) is 0 Å². The highest BCUT2D eigenvalue weighted by Crippen LogP contribution is 2.30. The second-order valence-corrected chi connectivity index (χ2v) is 7.83. The summed E-state index contributed by atoms with van der Waals surface area (Å²) >= 11 is 1.40. The number of aryl methyl sites for hydroxylation is 1. The molecule has 2 heterocycles. The van der Waals surface area contributed by atoms with Crippen molar-refractivity contribution in [3.8, 4) is 0 Å². The zero-order valence-corrected chi connectivity index (χ0v) is 17.2. The third kappa shape index (κ3) is 3.49. The fraction of sp³-hybridized carbons (Fsp3) is 0.286. The van der Waals surface area contributed by atoms with E-state index in [0.717, 1.165) is 16.2 Å². The molecule has 6 nitrogen and oxygen atoms in total. The zero-order chi connectivity index (χ0) is 20.4. The first kappa shape index (κ1) is 19.9. The number of ether oxygens (including phenoxy) is 1. The minimum absolute atomic E-state index is 0.0852. The van der Waals surface area contributed by atoms with Crippen LogP contribution < -0.4 is 0 Å². The van der Waals surface area contributed by atoms with E-state index in [0.29, 0.717) is 29.1 Å². The highest BCUT2D eigenvalue weighted by Gasteiger charge is 2.27. The Labute approximate surface area is 168 Å². The SMILES string of the molecule is C=CCn1c(S[C@H](C)C(=O)c2[nH]c(C)c(C(=O)OC)c2C)nc2ccccc21. The van der Waals surface area contributed by atoms with Gasteiger partial charge < -0.3 is 14.3 Å². The van der Waals surface area contributed by atoms with E-state index in [9.17, 15) is 9.59 Å². The summed E-state index contributed by atoms with van der Waals surface area (Å²) in [7, 11) is 1.33. The normalized spacial score (nSPS) is 12.1. The molecular weight excluding hydrogens is 374 g/mol. The Balaban J connectivity index is 1.92. The number of fused-ring (bicyclic) bond motifs is 1. The minimum Gasteiger partial charge on any atom is -0.465 e. The largest absolute Gasteiger partial charge is 0.465 e. The standard InChI is InChI=1S/C21H23N3O3S/c1-6-11-24-16-10-8-7-9-15(16)23-21(24)28-14(4)19(25)18-12(2)17(13(3)22-18)20(26)27-5/h6-10,14,22H,1,11H2,2-5H3/t14-/m1/s1. The maximum atomic E-state index is 13.1. The second-order valence-electron chi connectivity index (χ2n) is 6.52. The van der Waals surface area contributed by atoms with Crippen molar-refractivity contribution in [2.75, 3.05) is 7.11 Å². The number of carbonyl (C=O) groups excluding carboxylic acids is 2. The van der Waals surface area contributed by atoms with Crippen LogP contribution in [0.3, 0.4) is 0 Å². The molecule has 2 aromatic heterocycles. The average molecular weight is 398 g/mol. The van der Waals surface area contributed by atoms with Crippen LogP contribution in [0.4, 0.5) is 0 Å². The van der Waals surface area contributed by atoms with Crippen LogP contribution in [-0.2, 0) is 11.3 Å². The second kappa shape index (κ2) is 8.06. The van der Waals surface area contributed by atoms with Gasteiger partial charge in [0.2, 0.25) is 0 Å². The summed E-state index contributed by atoms with van der Waals surface area (Å²) in [5, 5.41) is 0.374. The molecule has 0 bridgehead atoms. The number of H-pyrrole nitrogens is 1. The molecule has 28 heavy (non-hydrogen) atoms. The Morgan fingerprint density at radius 1 is 1.36 bits per heavy atom. The molecule has 0 aliphatic rings. The van der Waals surface area contributed by atoms with Gasteiger partial charge in [-0.3, -0.25) is 4.79 Å². The first-order valence-corrected chi connectivity index (χ1v) is 9.81. The van der Waals surface area contributed by atoms with Crippen LogP contribution in [0.25, 0.3) is 11.0 Å². The van der Waals surface area contributed by atoms with Gasteiger partial charge in [-0.05, 0) is 38.5 Å². The van der Waals surface area contributed by atoms with Crippen molar-refractivity contribution in [1.82, 2.24) is 14.5 Å². The topological polar surface area (TPSA) is 77.0 Å². The molecule has 146 valence electrons. The van der Waals surface area contributed by atoms with Crippen molar-refractivity contribution in [2.24, 2.45) is 0 Å². The number of ketones is 1. The molecule has 1 aromatic carbocycles. The third-order valence-corrected chi connectivity index (χ3v) is 5.75. The molecular formula is C21H23N3O3S. The molecule has 0 radical (unpaired) electrons. The molecule has 3 rings (SSSR count). The maximum Gasteiger partial charge on any atom is 0.339 e. The smallest absolute Gasteiger partial charge is 0.339 e. The number of hydrogen-bond acceptors (Lipinski definition) is 5. The number of carbonyl (C=O) groups is 2. The summed E-state index contributed by atoms with van der Waals surface area (Å²) < 4.78 is 6.87. The molecule has 1 atom stereocenters. The third-order valence-electron chi connectivity index (χ3n) is 4.66. The lowest BCUT2D eigenvalue weighted by Gasteiger charge is -2.11. The molecule has 0 spiro atoms. The lowest BCUT2D eigenvalue weighted by molar-refractivity contribution is 0.0599. The van der Waals surface area contributed by atoms with E-state index >= 15 is 0 Å². The number of nitrogens with one attached hydrogen (secondary N) is 1. The predicted molar refractivity (Wildman–Crippen MR) is 111 cm³/mol. The summed E-state index contributed by atoms with van der Waals surface area (Å²) in [6, 6.07) is 7.86. The monoisotopic (exact) mass is 397 g/mol. The van der Waals surface area contributed by atoms with Crippen molar-refractivity contribution >= 4 is 34.5 Å². The number of methoxy groups -OCH3 is 1. The van der Waals surface area contributed by atoms with Crippen molar-refractivity contribution in [3.63, 3.8) is 0 Å². The van der Waals surface area contributed by atoms with Gasteiger partial charge in [-0.1, -0.05) is 30.0 Å². The highest BCUT2D eigenvalue weighted by molar-refractivity contribution is 8.00. The lowest BCUT2D eigenvalue weighted by Crippen LogP contribution is -2.16. The first-order valence-electron chi connectivity index (χ1n) is 8.93. The van der Waals surface area contributed by atoms with E-state index in [1.807, 2.05) is 41.8 Å². The predicted octanol–water partition coefficient (Wildman–Crippen LogP) is 4.32. The number of para-hydroxylation sites is 2. The number of allylic oxidation sites excluding steroid dienone is 1. The molecule has 0 aliphatic carbocycles. The van der Waals surface area contributed by atoms with Gasteiger partial charge in [-0.15, -0.1) is 6.58 Å². The van der Waals surface area contributed by atoms with Crippen molar-refractivity contribution < 1.29 is 14.3 Å². The number of rotatable bonds is 7. The number of hydrogen-bond donors (Lipinski definition) is 1. The van der Waals surface area contributed by atoms with Gasteiger partial charge >= 0.3 is 5.97 Å². The van der Waals surface area contributed by atoms with Crippen molar-refractivity contribution in [1.29, 1.82) is 0 Å². The van der Waals surface area contributed by atoms with Crippen LogP contribution in [0.1, 0.15) is 39.0 Å². The molecule has 1 N–H and O–H groups in total. The number of Topliss-reactive ketones (excluding diaryl/α,β-unsaturated/α-hetero) is 1. The average Bonchev–Trinajstić information content (AvgIpc) is 3.17. The summed E-state index contributed by atoms with van der Waals surface area (Å²) in [5.74, 6) is -0.531. The number of aromatic nitrogens is 3. The van der Waals surface area contributed by atoms with Crippen LogP contribution in [0.2, 0.25) is 0 Å². The Morgan fingerprint density at radius 2 is 2.07 bits per heavy atom. The van der Waals surface area contributed by atoms with Gasteiger partial charge in [-0.25, -0.2) is 9.78 Å². The fourth-order valence-electron chi connectivity index (χ4n) is 3.27. The minimum atomic E-state index is -0.446. The molecule has 0 saturated carbocycles. The van der Waals surface area contributed by atoms with E-state index in [2.05, 4.69) is 16.5 Å². The van der Waals surface area contributed by atoms with Gasteiger partial charge in [-0.2, -0.15) is 0 Å². The van der Waals surface area contributed by atoms with Crippen LogP contribution in [0, 0.1) is 13.8 Å². The van der Waals surface area contributed by atoms with Crippen LogP contribution in [0.15, 0.2) is 42.1 Å². The quantitative estimate of drug-likeness (QED) is 0.278. The Morgan fingerprint density at radius 3 is 2.75 bits per heavy atom.